The van der Waals surface area contributed by atoms with Crippen LogP contribution in [0.4, 0.5) is 0 Å². The third-order valence-electron chi connectivity index (χ3n) is 13.7. The topological polar surface area (TPSA) is 0 Å². The Bertz CT molecular complexity index is 1810. The third kappa shape index (κ3) is 13.4. The van der Waals surface area contributed by atoms with Gasteiger partial charge in [-0.1, -0.05) is 155 Å². The van der Waals surface area contributed by atoms with Gasteiger partial charge in [0.15, 0.2) is 0 Å². The van der Waals surface area contributed by atoms with E-state index in [-0.39, 0.29) is 0 Å². The van der Waals surface area contributed by atoms with Crippen molar-refractivity contribution in [3.8, 4) is 19.5 Å². The van der Waals surface area contributed by atoms with E-state index >= 15 is 0 Å². The van der Waals surface area contributed by atoms with Crippen molar-refractivity contribution in [2.75, 3.05) is 0 Å². The molecular formula is C48H74Br2Cl2S4Si2Sn. The number of rotatable bonds is 16. The van der Waals surface area contributed by atoms with Crippen LogP contribution in [0.3, 0.4) is 0 Å². The van der Waals surface area contributed by atoms with Crippen molar-refractivity contribution in [3.63, 3.8) is 0 Å². The van der Waals surface area contributed by atoms with Gasteiger partial charge < -0.3 is 0 Å². The van der Waals surface area contributed by atoms with Crippen LogP contribution in [0.1, 0.15) is 148 Å². The summed E-state index contributed by atoms with van der Waals surface area (Å²) in [6.07, 6.45) is 24.9. The van der Waals surface area contributed by atoms with E-state index in [1.807, 2.05) is 55.7 Å². The average Bonchev–Trinajstić information content (AvgIpc) is 4.06. The molecule has 0 saturated heterocycles. The Balaban J connectivity index is 0.000000174. The SMILES string of the molecule is CCCCC(CC)C[Si](Cl)(Cl)C1CCCCC1.CCCCC(CC)C[Si]1(C2CCCCC2)c2ccsc2-c2sccc21.Cc1cc(Br)c(-c2s[c]([Sn]([CH3])([CH3])[CH3])cc2Br)s1. The molecule has 2 atom stereocenters. The molecule has 3 aliphatic rings. The molecule has 7 rings (SSSR count). The Labute approximate surface area is 409 Å². The second-order valence-electron chi connectivity index (χ2n) is 19.0. The van der Waals surface area contributed by atoms with Gasteiger partial charge in [0.2, 0.25) is 0 Å². The van der Waals surface area contributed by atoms with Gasteiger partial charge in [0.25, 0.3) is 6.69 Å². The van der Waals surface area contributed by atoms with Crippen LogP contribution < -0.4 is 13.3 Å². The first-order chi connectivity index (χ1) is 28.2. The number of thiophene rings is 4. The summed E-state index contributed by atoms with van der Waals surface area (Å²) in [6.45, 7) is 9.52. The molecule has 0 nitrogen and oxygen atoms in total. The van der Waals surface area contributed by atoms with Crippen molar-refractivity contribution in [1.82, 2.24) is 0 Å². The van der Waals surface area contributed by atoms with E-state index < -0.39 is 33.1 Å². The van der Waals surface area contributed by atoms with Gasteiger partial charge in [-0.3, -0.25) is 0 Å². The predicted molar refractivity (Wildman–Crippen MR) is 291 cm³/mol. The van der Waals surface area contributed by atoms with Gasteiger partial charge in [0.1, 0.15) is 8.07 Å². The molecule has 330 valence electrons. The molecule has 0 N–H and O–H groups in total. The molecule has 0 bridgehead atoms. The number of halogens is 4. The summed E-state index contributed by atoms with van der Waals surface area (Å²) in [4.78, 5) is 14.8. The molecule has 59 heavy (non-hydrogen) atoms. The molecular weight excluding hydrogens is 1110 g/mol. The minimum atomic E-state index is -1.99. The van der Waals surface area contributed by atoms with E-state index in [4.69, 9.17) is 22.2 Å². The Kier molecular flexibility index (Phi) is 21.3. The summed E-state index contributed by atoms with van der Waals surface area (Å²) in [5.74, 6) is 1.71. The fourth-order valence-corrected chi connectivity index (χ4v) is 35.8. The van der Waals surface area contributed by atoms with Gasteiger partial charge in [0.05, 0.1) is 0 Å². The van der Waals surface area contributed by atoms with E-state index in [9.17, 15) is 0 Å². The van der Waals surface area contributed by atoms with Crippen LogP contribution in [-0.4, -0.2) is 33.1 Å². The number of hydrogen-bond donors (Lipinski definition) is 0. The molecule has 0 aromatic carbocycles. The van der Waals surface area contributed by atoms with Crippen molar-refractivity contribution < 1.29 is 0 Å². The Morgan fingerprint density at radius 1 is 0.712 bits per heavy atom. The number of aryl methyl sites for hydroxylation is 1. The monoisotopic (exact) mass is 1180 g/mol. The van der Waals surface area contributed by atoms with Crippen molar-refractivity contribution in [2.45, 2.75) is 188 Å². The van der Waals surface area contributed by atoms with E-state index in [2.05, 4.69) is 116 Å². The minimum absolute atomic E-state index is 0.676. The molecule has 2 fully saturated rings. The standard InChI is InChI=1S/C22H32S2Si.C14H28Cl2Si.C9H5Br2S2.3CH3.Sn/c1-3-5-9-17(4-2)16-25(18-10-7-6-8-11-18)19-12-14-23-21(19)22-20(25)13-15-24-22;1-3-5-9-13(4-2)12-17(15,16)14-10-7-6-8-11-14;1-5-4-7(11)9(13-5)8-6(10)2-3-12-8;;;;/h12-15,17-18H,3-11,16H2,1-2H3;13-14H,3-12H2,1-2H3;2,4H,1H3;3*1H3;. The zero-order chi connectivity index (χ0) is 42.8. The number of hydrogen-bond acceptors (Lipinski definition) is 4. The Hall–Kier alpha value is 1.57. The van der Waals surface area contributed by atoms with Crippen LogP contribution in [0.5, 0.6) is 0 Å². The van der Waals surface area contributed by atoms with Crippen LogP contribution >= 0.6 is 99.4 Å². The van der Waals surface area contributed by atoms with Crippen LogP contribution in [0, 0.1) is 18.8 Å². The fourth-order valence-electron chi connectivity index (χ4n) is 10.2. The van der Waals surface area contributed by atoms with Crippen molar-refractivity contribution >= 4 is 146 Å². The molecule has 2 unspecified atom stereocenters. The van der Waals surface area contributed by atoms with E-state index in [1.54, 1.807) is 12.6 Å². The van der Waals surface area contributed by atoms with Crippen molar-refractivity contribution in [1.29, 1.82) is 0 Å². The molecule has 11 heteroatoms. The van der Waals surface area contributed by atoms with Crippen LogP contribution in [0.25, 0.3) is 19.5 Å². The van der Waals surface area contributed by atoms with Gasteiger partial charge in [-0.05, 0) is 56.1 Å². The fraction of sp³-hybridized carbons (Fsp3) is 0.667. The summed E-state index contributed by atoms with van der Waals surface area (Å²) in [7, 11) is -1.58. The molecule has 0 radical (unpaired) electrons. The molecule has 2 aliphatic carbocycles. The Morgan fingerprint density at radius 2 is 1.22 bits per heavy atom. The van der Waals surface area contributed by atoms with Gasteiger partial charge in [0, 0.05) is 9.75 Å². The van der Waals surface area contributed by atoms with Crippen LogP contribution in [0.15, 0.2) is 44.0 Å². The van der Waals surface area contributed by atoms with E-state index in [0.717, 1.165) is 23.4 Å². The van der Waals surface area contributed by atoms with Crippen molar-refractivity contribution in [2.24, 2.45) is 11.8 Å². The summed E-state index contributed by atoms with van der Waals surface area (Å²) in [6, 6.07) is 12.3. The molecule has 2 saturated carbocycles. The van der Waals surface area contributed by atoms with Crippen LogP contribution in [-0.2, 0) is 0 Å². The van der Waals surface area contributed by atoms with Gasteiger partial charge in [-0.15, -0.1) is 44.8 Å². The maximum atomic E-state index is 6.77. The zero-order valence-corrected chi connectivity index (χ0v) is 50.4. The summed E-state index contributed by atoms with van der Waals surface area (Å²) >= 11 is 26.9. The van der Waals surface area contributed by atoms with E-state index in [0.29, 0.717) is 5.54 Å². The first-order valence-electron chi connectivity index (χ1n) is 23.3. The molecule has 0 spiro atoms. The summed E-state index contributed by atoms with van der Waals surface area (Å²) in [5.41, 5.74) is 1.68. The molecule has 4 aromatic rings. The number of fused-ring (bicyclic) bond motifs is 3. The second kappa shape index (κ2) is 24.4. The maximum absolute atomic E-state index is 6.77. The molecule has 1 aliphatic heterocycles. The first-order valence-corrected chi connectivity index (χ1v) is 44.9. The van der Waals surface area contributed by atoms with Crippen LogP contribution in [0.2, 0.25) is 38.0 Å². The average molecular weight is 1180 g/mol. The van der Waals surface area contributed by atoms with Gasteiger partial charge in [-0.2, -0.15) is 0 Å². The van der Waals surface area contributed by atoms with Crippen molar-refractivity contribution in [3.05, 3.63) is 48.8 Å². The van der Waals surface area contributed by atoms with Gasteiger partial charge in [-0.25, -0.2) is 0 Å². The zero-order valence-electron chi connectivity index (χ0n) is 37.6. The first kappa shape index (κ1) is 51.6. The predicted octanol–water partition coefficient (Wildman–Crippen LogP) is 19.2. The molecule has 4 aromatic heterocycles. The summed E-state index contributed by atoms with van der Waals surface area (Å²) in [5, 5.41) is 8.48. The Morgan fingerprint density at radius 3 is 1.69 bits per heavy atom. The number of unbranched alkanes of at least 4 members (excludes halogenated alkanes) is 2. The molecule has 5 heterocycles. The second-order valence-corrected chi connectivity index (χ2v) is 51.9. The molecule has 0 amide bonds. The van der Waals surface area contributed by atoms with E-state index in [1.165, 1.54) is 145 Å². The normalized spacial score (nSPS) is 18.0. The summed E-state index contributed by atoms with van der Waals surface area (Å²) < 4.78 is 4.10. The quantitative estimate of drug-likeness (QED) is 0.0775. The van der Waals surface area contributed by atoms with Gasteiger partial charge >= 0.3 is 133 Å². The third-order valence-corrected chi connectivity index (χ3v) is 41.2.